The molecule has 0 saturated carbocycles. The van der Waals surface area contributed by atoms with Gasteiger partial charge in [0, 0.05) is 36.3 Å². The van der Waals surface area contributed by atoms with Gasteiger partial charge < -0.3 is 0 Å². The van der Waals surface area contributed by atoms with Gasteiger partial charge in [-0.05, 0) is 58.3 Å². The Morgan fingerprint density at radius 2 is 1.25 bits per heavy atom. The number of fused-ring (bicyclic) bond motifs is 11. The molecule has 0 bridgehead atoms. The van der Waals surface area contributed by atoms with Crippen LogP contribution in [0.5, 0.6) is 0 Å². The molecule has 0 atom stereocenters. The minimum Gasteiger partial charge on any atom is -0.291 e. The second kappa shape index (κ2) is 7.32. The van der Waals surface area contributed by atoms with Crippen molar-refractivity contribution in [3.63, 3.8) is 0 Å². The van der Waals surface area contributed by atoms with Crippen LogP contribution >= 0.6 is 11.3 Å². The third kappa shape index (κ3) is 2.63. The van der Waals surface area contributed by atoms with Crippen LogP contribution in [0.3, 0.4) is 0 Å². The van der Waals surface area contributed by atoms with Crippen LogP contribution in [-0.4, -0.2) is 14.4 Å². The first-order valence-corrected chi connectivity index (χ1v) is 14.3. The Morgan fingerprint density at radius 1 is 0.500 bits per heavy atom. The first kappa shape index (κ1) is 20.8. The van der Waals surface area contributed by atoms with Gasteiger partial charge in [0.15, 0.2) is 5.65 Å². The van der Waals surface area contributed by atoms with Crippen LogP contribution in [-0.2, 0) is 0 Å². The van der Waals surface area contributed by atoms with E-state index in [-0.39, 0.29) is 0 Å². The van der Waals surface area contributed by atoms with Crippen molar-refractivity contribution in [3.05, 3.63) is 115 Å². The maximum atomic E-state index is 5.11. The molecule has 10 rings (SSSR count). The molecular formula is C36H19N3S. The van der Waals surface area contributed by atoms with Crippen molar-refractivity contribution >= 4 is 91.7 Å². The van der Waals surface area contributed by atoms with Crippen LogP contribution in [0.1, 0.15) is 0 Å². The van der Waals surface area contributed by atoms with Gasteiger partial charge in [-0.2, -0.15) is 0 Å². The van der Waals surface area contributed by atoms with Crippen molar-refractivity contribution in [1.29, 1.82) is 0 Å². The van der Waals surface area contributed by atoms with Gasteiger partial charge in [-0.25, -0.2) is 9.97 Å². The quantitative estimate of drug-likeness (QED) is 0.213. The zero-order chi connectivity index (χ0) is 25.9. The molecule has 0 spiro atoms. The molecule has 0 amide bonds. The highest BCUT2D eigenvalue weighted by Gasteiger charge is 2.21. The van der Waals surface area contributed by atoms with Gasteiger partial charge in [0.2, 0.25) is 0 Å². The molecule has 0 radical (unpaired) electrons. The van der Waals surface area contributed by atoms with Crippen molar-refractivity contribution in [2.24, 2.45) is 0 Å². The number of nitrogens with zero attached hydrogens (tertiary/aromatic N) is 3. The molecule has 0 saturated heterocycles. The van der Waals surface area contributed by atoms with Crippen LogP contribution in [0.15, 0.2) is 115 Å². The summed E-state index contributed by atoms with van der Waals surface area (Å²) in [5.74, 6) is 0. The molecule has 40 heavy (non-hydrogen) atoms. The van der Waals surface area contributed by atoms with Gasteiger partial charge in [-0.15, -0.1) is 11.3 Å². The van der Waals surface area contributed by atoms with Gasteiger partial charge in [-0.3, -0.25) is 4.40 Å². The summed E-state index contributed by atoms with van der Waals surface area (Å²) in [7, 11) is 0. The summed E-state index contributed by atoms with van der Waals surface area (Å²) in [4.78, 5) is 10.2. The Labute approximate surface area is 231 Å². The van der Waals surface area contributed by atoms with E-state index in [1.54, 1.807) is 0 Å². The Hall–Kier alpha value is -5.06. The van der Waals surface area contributed by atoms with E-state index in [4.69, 9.17) is 9.97 Å². The Balaban J connectivity index is 1.26. The Morgan fingerprint density at radius 3 is 2.17 bits per heavy atom. The summed E-state index contributed by atoms with van der Waals surface area (Å²) in [6.07, 6.45) is 0. The molecule has 0 fully saturated rings. The van der Waals surface area contributed by atoms with Crippen LogP contribution in [0.2, 0.25) is 0 Å². The largest absolute Gasteiger partial charge is 0.291 e. The normalized spacial score (nSPS) is 12.5. The fourth-order valence-corrected chi connectivity index (χ4v) is 7.78. The van der Waals surface area contributed by atoms with E-state index in [1.807, 2.05) is 35.6 Å². The lowest BCUT2D eigenvalue weighted by molar-refractivity contribution is 1.28. The lowest BCUT2D eigenvalue weighted by Gasteiger charge is -2.05. The van der Waals surface area contributed by atoms with Crippen molar-refractivity contribution in [2.75, 3.05) is 0 Å². The average molecular weight is 526 g/mol. The van der Waals surface area contributed by atoms with Crippen molar-refractivity contribution < 1.29 is 0 Å². The van der Waals surface area contributed by atoms with Crippen LogP contribution in [0.4, 0.5) is 0 Å². The average Bonchev–Trinajstić information content (AvgIpc) is 3.64. The molecule has 3 nitrogen and oxygen atoms in total. The summed E-state index contributed by atoms with van der Waals surface area (Å²) < 4.78 is 4.94. The second-order valence-corrected chi connectivity index (χ2v) is 11.7. The number of hydrogen-bond acceptors (Lipinski definition) is 3. The van der Waals surface area contributed by atoms with E-state index >= 15 is 0 Å². The Bertz CT molecular complexity index is 2660. The summed E-state index contributed by atoms with van der Waals surface area (Å²) in [6.45, 7) is 0. The number of aromatic nitrogens is 3. The third-order valence-electron chi connectivity index (χ3n) is 8.48. The van der Waals surface area contributed by atoms with Crippen molar-refractivity contribution in [2.45, 2.75) is 0 Å². The summed E-state index contributed by atoms with van der Waals surface area (Å²) >= 11 is 1.87. The van der Waals surface area contributed by atoms with Crippen LogP contribution in [0.25, 0.3) is 91.5 Å². The van der Waals surface area contributed by atoms with E-state index in [1.165, 1.54) is 63.9 Å². The predicted molar refractivity (Wildman–Crippen MR) is 170 cm³/mol. The third-order valence-corrected chi connectivity index (χ3v) is 9.60. The Kier molecular flexibility index (Phi) is 3.81. The van der Waals surface area contributed by atoms with E-state index in [2.05, 4.69) is 95.4 Å². The molecule has 184 valence electrons. The number of hydrogen-bond donors (Lipinski definition) is 0. The van der Waals surface area contributed by atoms with E-state index < -0.39 is 0 Å². The van der Waals surface area contributed by atoms with E-state index in [0.717, 1.165) is 27.6 Å². The number of para-hydroxylation sites is 3. The topological polar surface area (TPSA) is 30.2 Å². The molecule has 0 aliphatic heterocycles. The zero-order valence-electron chi connectivity index (χ0n) is 21.2. The highest BCUT2D eigenvalue weighted by atomic mass is 32.1. The molecule has 0 aliphatic carbocycles. The summed E-state index contributed by atoms with van der Waals surface area (Å²) in [5, 5.41) is 8.85. The maximum Gasteiger partial charge on any atom is 0.165 e. The van der Waals surface area contributed by atoms with Crippen LogP contribution in [0, 0.1) is 0 Å². The molecule has 0 N–H and O–H groups in total. The molecule has 0 unspecified atom stereocenters. The summed E-state index contributed by atoms with van der Waals surface area (Å²) in [5.41, 5.74) is 8.67. The monoisotopic (exact) mass is 525 g/mol. The molecule has 4 heteroatoms. The van der Waals surface area contributed by atoms with Crippen molar-refractivity contribution in [3.8, 4) is 11.1 Å². The predicted octanol–water partition coefficient (Wildman–Crippen LogP) is 9.97. The van der Waals surface area contributed by atoms with Gasteiger partial charge in [0.1, 0.15) is 5.52 Å². The molecule has 4 aromatic heterocycles. The fourth-order valence-electron chi connectivity index (χ4n) is 6.62. The van der Waals surface area contributed by atoms with E-state index in [0.29, 0.717) is 0 Å². The van der Waals surface area contributed by atoms with Gasteiger partial charge in [0.25, 0.3) is 0 Å². The molecule has 10 aromatic rings. The molecule has 4 heterocycles. The molecule has 6 aromatic carbocycles. The SMILES string of the molecule is c1ccc2cc(-c3ccc4c(c3)sc3cc5c(cc34)c3cccc4c6nc7ccccc7nc6n5c34)ccc2c1. The highest BCUT2D eigenvalue weighted by Crippen LogP contribution is 2.43. The van der Waals surface area contributed by atoms with Gasteiger partial charge >= 0.3 is 0 Å². The van der Waals surface area contributed by atoms with E-state index in [9.17, 15) is 0 Å². The first-order chi connectivity index (χ1) is 19.8. The fraction of sp³-hybridized carbons (Fsp3) is 0. The number of rotatable bonds is 1. The second-order valence-electron chi connectivity index (χ2n) is 10.7. The minimum atomic E-state index is 0.924. The van der Waals surface area contributed by atoms with Crippen LogP contribution < -0.4 is 0 Å². The summed E-state index contributed by atoms with van der Waals surface area (Å²) in [6, 6.07) is 41.7. The number of thiophene rings is 1. The number of benzene rings is 6. The minimum absolute atomic E-state index is 0.924. The van der Waals surface area contributed by atoms with Gasteiger partial charge in [0.05, 0.1) is 22.1 Å². The maximum absolute atomic E-state index is 5.11. The lowest BCUT2D eigenvalue weighted by Crippen LogP contribution is -1.88. The standard InChI is InChI=1S/C36H19N3S/c1-2-7-21-16-22(13-12-20(21)6-1)23-14-15-24-28-18-27-25-8-5-9-26-34-36(38-30-11-4-3-10-29(30)37-34)39(35(25)26)31(27)19-33(28)40-32(24)17-23/h1-19H. The molecular weight excluding hydrogens is 506 g/mol. The highest BCUT2D eigenvalue weighted by molar-refractivity contribution is 7.25. The van der Waals surface area contributed by atoms with Gasteiger partial charge in [-0.1, -0.05) is 78.9 Å². The molecule has 0 aliphatic rings. The zero-order valence-corrected chi connectivity index (χ0v) is 22.0. The lowest BCUT2D eigenvalue weighted by atomic mass is 10.00. The first-order valence-electron chi connectivity index (χ1n) is 13.5. The van der Waals surface area contributed by atoms with Crippen molar-refractivity contribution in [1.82, 2.24) is 14.4 Å². The smallest absolute Gasteiger partial charge is 0.165 e.